The molecule has 2 saturated carbocycles. The van der Waals surface area contributed by atoms with Gasteiger partial charge in [0, 0.05) is 0 Å². The van der Waals surface area contributed by atoms with Gasteiger partial charge in [0.25, 0.3) is 0 Å². The molecular weight excluding hydrogens is 637 g/mol. The Balaban J connectivity index is -0.0000000585. The Morgan fingerprint density at radius 2 is 0.679 bits per heavy atom. The van der Waals surface area contributed by atoms with Crippen molar-refractivity contribution in [3.8, 4) is 0 Å². The van der Waals surface area contributed by atoms with E-state index in [9.17, 15) is 0 Å². The Hall–Kier alpha value is 0. The van der Waals surface area contributed by atoms with Crippen molar-refractivity contribution < 1.29 is 0 Å². The normalized spacial score (nSPS) is 13.9. The number of rotatable bonds is 5. The van der Waals surface area contributed by atoms with E-state index in [2.05, 4.69) is 194 Å². The zero-order chi connectivity index (χ0) is 44.9. The van der Waals surface area contributed by atoms with E-state index in [0.717, 1.165) is 35.5 Å². The summed E-state index contributed by atoms with van der Waals surface area (Å²) in [4.78, 5) is 0. The Kier molecular flexibility index (Phi) is 75.6. The fourth-order valence-electron chi connectivity index (χ4n) is 2.00. The van der Waals surface area contributed by atoms with E-state index >= 15 is 0 Å². The minimum Gasteiger partial charge on any atom is -0.0683 e. The number of hydrogen-bond donors (Lipinski definition) is 0. The van der Waals surface area contributed by atoms with Gasteiger partial charge in [0.1, 0.15) is 0 Å². The first-order valence-electron chi connectivity index (χ1n) is 24.0. The molecule has 2 rings (SSSR count). The highest BCUT2D eigenvalue weighted by Gasteiger charge is 2.24. The molecule has 0 aromatic carbocycles. The summed E-state index contributed by atoms with van der Waals surface area (Å²) in [6, 6.07) is 0. The second-order valence-electron chi connectivity index (χ2n) is 20.9. The van der Waals surface area contributed by atoms with Gasteiger partial charge in [-0.2, -0.15) is 0 Å². The van der Waals surface area contributed by atoms with Crippen LogP contribution in [0.25, 0.3) is 0 Å². The summed E-state index contributed by atoms with van der Waals surface area (Å²) in [6.45, 7) is 66.2. The molecule has 0 nitrogen and oxygen atoms in total. The first-order chi connectivity index (χ1) is 24.0. The average molecular weight is 762 g/mol. The Morgan fingerprint density at radius 1 is 0.491 bits per heavy atom. The number of unbranched alkanes of at least 4 members (excludes halogenated alkanes) is 1. The highest BCUT2D eigenvalue weighted by Crippen LogP contribution is 2.37. The highest BCUT2D eigenvalue weighted by molar-refractivity contribution is 4.76. The summed E-state index contributed by atoms with van der Waals surface area (Å²) in [5, 5.41) is 0. The van der Waals surface area contributed by atoms with Crippen LogP contribution in [0.3, 0.4) is 0 Å². The monoisotopic (exact) mass is 761 g/mol. The second kappa shape index (κ2) is 54.1. The quantitative estimate of drug-likeness (QED) is 0.262. The van der Waals surface area contributed by atoms with Crippen molar-refractivity contribution >= 4 is 0 Å². The van der Waals surface area contributed by atoms with Gasteiger partial charge in [-0.15, -0.1) is 0 Å². The summed E-state index contributed by atoms with van der Waals surface area (Å²) < 4.78 is 0. The predicted molar refractivity (Wildman–Crippen MR) is 263 cm³/mol. The third kappa shape index (κ3) is 178. The molecule has 0 heteroatoms. The molecule has 0 aromatic rings. The third-order valence-corrected chi connectivity index (χ3v) is 8.08. The van der Waals surface area contributed by atoms with Crippen molar-refractivity contribution in [1.82, 2.24) is 0 Å². The standard InChI is InChI=1S/C9H18.2C6H14.3C5H12.C4H8.2C4H10.C3H8.C2H6/c1-8-4-6-9(2,3)7-5-8;1-5-6(2,3)4;1-4-6(3)5-2;1-5(2,3)4;2*1-4-5(2)3;1-4-2-3-4;1-4(2)3;1-3-4-2;1-3-2;1-2/h8H,4-7H2,1-3H3;5H2,1-4H3;6H,4-5H2,1-3H3;1-4H3;2*5H,4H2,1-3H3;4H,2-3H2,1H3;4H,1-3H3;3-4H2,1-2H3;3H2,1-2H3;1-2H3. The van der Waals surface area contributed by atoms with Gasteiger partial charge in [-0.3, -0.25) is 0 Å². The maximum atomic E-state index is 2.39. The van der Waals surface area contributed by atoms with E-state index in [0.29, 0.717) is 16.2 Å². The van der Waals surface area contributed by atoms with Gasteiger partial charge in [-0.05, 0) is 64.6 Å². The van der Waals surface area contributed by atoms with Gasteiger partial charge in [-0.25, -0.2) is 0 Å². The molecule has 53 heavy (non-hydrogen) atoms. The van der Waals surface area contributed by atoms with Crippen LogP contribution in [0, 0.1) is 51.8 Å². The lowest BCUT2D eigenvalue weighted by atomic mass is 9.74. The fourth-order valence-corrected chi connectivity index (χ4v) is 2.00. The molecule has 0 radical (unpaired) electrons. The van der Waals surface area contributed by atoms with Gasteiger partial charge < -0.3 is 0 Å². The molecule has 2 aliphatic carbocycles. The van der Waals surface area contributed by atoms with E-state index < -0.39 is 0 Å². The smallest absolute Gasteiger partial charge is 0.0354 e. The molecule has 0 amide bonds. The summed E-state index contributed by atoms with van der Waals surface area (Å²) >= 11 is 0. The van der Waals surface area contributed by atoms with Crippen molar-refractivity contribution in [3.63, 3.8) is 0 Å². The molecule has 0 unspecified atom stereocenters. The molecular formula is C53H124. The Morgan fingerprint density at radius 3 is 0.736 bits per heavy atom. The Labute approximate surface area is 348 Å². The van der Waals surface area contributed by atoms with Crippen LogP contribution in [-0.2, 0) is 0 Å². The topological polar surface area (TPSA) is 0 Å². The van der Waals surface area contributed by atoms with Crippen LogP contribution in [0.5, 0.6) is 0 Å². The molecule has 0 atom stereocenters. The zero-order valence-corrected chi connectivity index (χ0v) is 44.9. The van der Waals surface area contributed by atoms with Gasteiger partial charge >= 0.3 is 0 Å². The Bertz CT molecular complexity index is 499. The molecule has 0 bridgehead atoms. The van der Waals surface area contributed by atoms with E-state index in [4.69, 9.17) is 0 Å². The summed E-state index contributed by atoms with van der Waals surface area (Å²) in [6.07, 6.45) is 19.2. The van der Waals surface area contributed by atoms with Crippen LogP contribution in [0.4, 0.5) is 0 Å². The maximum absolute atomic E-state index is 2.39. The molecule has 0 spiro atoms. The first kappa shape index (κ1) is 74.0. The molecule has 2 aliphatic rings. The summed E-state index contributed by atoms with van der Waals surface area (Å²) in [5.74, 6) is 5.62. The minimum absolute atomic E-state index is 0.500. The van der Waals surface area contributed by atoms with Gasteiger partial charge in [0.05, 0.1) is 0 Å². The van der Waals surface area contributed by atoms with Crippen LogP contribution >= 0.6 is 0 Å². The molecule has 336 valence electrons. The molecule has 0 heterocycles. The summed E-state index contributed by atoms with van der Waals surface area (Å²) in [5.41, 5.74) is 1.70. The fraction of sp³-hybridized carbons (Fsp3) is 1.00. The molecule has 0 aromatic heterocycles. The first-order valence-corrected chi connectivity index (χ1v) is 24.0. The molecule has 2 fully saturated rings. The van der Waals surface area contributed by atoms with Crippen molar-refractivity contribution in [2.75, 3.05) is 0 Å². The van der Waals surface area contributed by atoms with E-state index in [1.165, 1.54) is 89.9 Å². The lowest BCUT2D eigenvalue weighted by Crippen LogP contribution is -2.19. The lowest BCUT2D eigenvalue weighted by molar-refractivity contribution is 0.201. The third-order valence-electron chi connectivity index (χ3n) is 8.08. The van der Waals surface area contributed by atoms with Crippen LogP contribution < -0.4 is 0 Å². The van der Waals surface area contributed by atoms with Crippen molar-refractivity contribution in [3.05, 3.63) is 0 Å². The largest absolute Gasteiger partial charge is 0.0683 e. The van der Waals surface area contributed by atoms with Crippen molar-refractivity contribution in [2.45, 2.75) is 298 Å². The van der Waals surface area contributed by atoms with E-state index in [1.54, 1.807) is 0 Å². The van der Waals surface area contributed by atoms with Gasteiger partial charge in [0.15, 0.2) is 0 Å². The molecule has 0 aliphatic heterocycles. The number of hydrogen-bond acceptors (Lipinski definition) is 0. The average Bonchev–Trinajstić information content (AvgIpc) is 3.85. The van der Waals surface area contributed by atoms with Crippen LogP contribution in [0.15, 0.2) is 0 Å². The van der Waals surface area contributed by atoms with Crippen molar-refractivity contribution in [2.24, 2.45) is 51.8 Å². The van der Waals surface area contributed by atoms with Crippen molar-refractivity contribution in [1.29, 1.82) is 0 Å². The molecule has 0 N–H and O–H groups in total. The van der Waals surface area contributed by atoms with Crippen LogP contribution in [0.1, 0.15) is 298 Å². The SMILES string of the molecule is CC.CC(C)(C)C.CC(C)C.CC1CC1.CC1CCC(C)(C)CC1.CCC.CCC(C)(C)C.CCC(C)C.CCC(C)C.CCC(C)CC.CCCC. The second-order valence-corrected chi connectivity index (χ2v) is 20.9. The van der Waals surface area contributed by atoms with Crippen LogP contribution in [0.2, 0.25) is 0 Å². The van der Waals surface area contributed by atoms with E-state index in [-0.39, 0.29) is 0 Å². The van der Waals surface area contributed by atoms with Gasteiger partial charge in [-0.1, -0.05) is 285 Å². The van der Waals surface area contributed by atoms with Gasteiger partial charge in [0.2, 0.25) is 0 Å². The molecule has 0 saturated heterocycles. The van der Waals surface area contributed by atoms with E-state index in [1.807, 2.05) is 13.8 Å². The summed E-state index contributed by atoms with van der Waals surface area (Å²) in [7, 11) is 0. The predicted octanol–water partition coefficient (Wildman–Crippen LogP) is 21.6. The minimum atomic E-state index is 0.500. The zero-order valence-electron chi connectivity index (χ0n) is 44.9. The highest BCUT2D eigenvalue weighted by atomic mass is 14.3. The maximum Gasteiger partial charge on any atom is -0.0354 e. The lowest BCUT2D eigenvalue weighted by Gasteiger charge is -2.32. The van der Waals surface area contributed by atoms with Crippen LogP contribution in [-0.4, -0.2) is 0 Å².